The predicted octanol–water partition coefficient (Wildman–Crippen LogP) is 1.95. The molecule has 2 aliphatic rings. The Morgan fingerprint density at radius 1 is 1.10 bits per heavy atom. The fourth-order valence-corrected chi connectivity index (χ4v) is 4.48. The van der Waals surface area contributed by atoms with E-state index in [9.17, 15) is 8.42 Å². The van der Waals surface area contributed by atoms with Gasteiger partial charge in [0, 0.05) is 18.7 Å². The third kappa shape index (κ3) is 6.82. The molecular formula is C14H29ClN2O3S. The summed E-state index contributed by atoms with van der Waals surface area (Å²) in [4.78, 5) is 0. The van der Waals surface area contributed by atoms with Crippen LogP contribution in [0.1, 0.15) is 57.8 Å². The minimum atomic E-state index is -3.29. The van der Waals surface area contributed by atoms with Crippen LogP contribution in [0.5, 0.6) is 0 Å². The summed E-state index contributed by atoms with van der Waals surface area (Å²) in [6, 6.07) is 0. The van der Waals surface area contributed by atoms with Crippen LogP contribution < -0.4 is 10.5 Å². The molecule has 0 radical (unpaired) electrons. The maximum atomic E-state index is 12.1. The van der Waals surface area contributed by atoms with Crippen molar-refractivity contribution in [3.05, 3.63) is 0 Å². The smallest absolute Gasteiger partial charge is 0.214 e. The Kier molecular flexibility index (Phi) is 7.92. The van der Waals surface area contributed by atoms with Gasteiger partial charge in [-0.1, -0.05) is 25.7 Å². The maximum absolute atomic E-state index is 12.1. The summed E-state index contributed by atoms with van der Waals surface area (Å²) >= 11 is 0. The van der Waals surface area contributed by atoms with Gasteiger partial charge in [-0.05, 0) is 32.1 Å². The van der Waals surface area contributed by atoms with E-state index >= 15 is 0 Å². The van der Waals surface area contributed by atoms with Crippen molar-refractivity contribution in [1.82, 2.24) is 4.72 Å². The Hall–Kier alpha value is 0.120. The van der Waals surface area contributed by atoms with Crippen molar-refractivity contribution < 1.29 is 13.2 Å². The molecule has 0 amide bonds. The Labute approximate surface area is 134 Å². The van der Waals surface area contributed by atoms with Crippen LogP contribution in [-0.4, -0.2) is 39.0 Å². The van der Waals surface area contributed by atoms with Crippen molar-refractivity contribution >= 4 is 22.4 Å². The lowest BCUT2D eigenvalue weighted by atomic mass is 9.92. The molecule has 7 heteroatoms. The molecule has 1 heterocycles. The second-order valence-corrected chi connectivity index (χ2v) is 8.22. The van der Waals surface area contributed by atoms with Gasteiger partial charge in [-0.3, -0.25) is 0 Å². The Bertz CT molecular complexity index is 389. The number of nitrogens with one attached hydrogen (secondary N) is 1. The highest BCUT2D eigenvalue weighted by Crippen LogP contribution is 2.24. The minimum Gasteiger partial charge on any atom is -0.377 e. The lowest BCUT2D eigenvalue weighted by Gasteiger charge is -2.29. The van der Waals surface area contributed by atoms with Crippen LogP contribution in [0.3, 0.4) is 0 Å². The average Bonchev–Trinajstić information content (AvgIpc) is 2.63. The van der Waals surface area contributed by atoms with Gasteiger partial charge < -0.3 is 10.5 Å². The molecule has 1 saturated carbocycles. The topological polar surface area (TPSA) is 81.4 Å². The molecule has 1 aliphatic carbocycles. The first-order chi connectivity index (χ1) is 9.49. The van der Waals surface area contributed by atoms with Gasteiger partial charge >= 0.3 is 0 Å². The van der Waals surface area contributed by atoms with Gasteiger partial charge in [0.1, 0.15) is 0 Å². The molecule has 21 heavy (non-hydrogen) atoms. The molecule has 126 valence electrons. The second kappa shape index (κ2) is 8.67. The number of halogens is 1. The molecule has 0 aromatic carbocycles. The number of nitrogens with two attached hydrogens (primary N) is 1. The number of sulfonamides is 1. The summed E-state index contributed by atoms with van der Waals surface area (Å²) in [5.41, 5.74) is 5.98. The highest BCUT2D eigenvalue weighted by Gasteiger charge is 2.29. The third-order valence-electron chi connectivity index (χ3n) is 4.42. The zero-order valence-electron chi connectivity index (χ0n) is 12.7. The summed E-state index contributed by atoms with van der Waals surface area (Å²) in [5.74, 6) is 0.0725. The molecule has 0 aromatic rings. The van der Waals surface area contributed by atoms with E-state index in [2.05, 4.69) is 4.72 Å². The fourth-order valence-electron chi connectivity index (χ4n) is 3.11. The van der Waals surface area contributed by atoms with Crippen LogP contribution >= 0.6 is 12.4 Å². The SMILES string of the molecule is Cl.NC1(CNS(=O)(=O)CC2CCCCO2)CCCCCC1. The number of hydrogen-bond acceptors (Lipinski definition) is 4. The monoisotopic (exact) mass is 340 g/mol. The number of ether oxygens (including phenoxy) is 1. The first-order valence-corrected chi connectivity index (χ1v) is 9.52. The van der Waals surface area contributed by atoms with E-state index < -0.39 is 10.0 Å². The van der Waals surface area contributed by atoms with Gasteiger partial charge in [-0.2, -0.15) is 0 Å². The molecule has 0 spiro atoms. The molecule has 1 unspecified atom stereocenters. The van der Waals surface area contributed by atoms with Crippen LogP contribution in [0.25, 0.3) is 0 Å². The van der Waals surface area contributed by atoms with E-state index in [4.69, 9.17) is 10.5 Å². The summed E-state index contributed by atoms with van der Waals surface area (Å²) in [5, 5.41) is 0. The molecule has 1 aliphatic heterocycles. The summed E-state index contributed by atoms with van der Waals surface area (Å²) in [6.45, 7) is 1.04. The summed E-state index contributed by atoms with van der Waals surface area (Å²) < 4.78 is 32.5. The van der Waals surface area contributed by atoms with Gasteiger partial charge in [-0.15, -0.1) is 12.4 Å². The van der Waals surface area contributed by atoms with Crippen LogP contribution in [0.4, 0.5) is 0 Å². The number of hydrogen-bond donors (Lipinski definition) is 2. The molecule has 5 nitrogen and oxygen atoms in total. The standard InChI is InChI=1S/C14H28N2O3S.ClH/c15-14(8-4-1-2-5-9-14)12-16-20(17,18)11-13-7-3-6-10-19-13;/h13,16H,1-12,15H2;1H. The van der Waals surface area contributed by atoms with E-state index in [-0.39, 0.29) is 29.8 Å². The van der Waals surface area contributed by atoms with Crippen molar-refractivity contribution in [2.45, 2.75) is 69.4 Å². The molecule has 2 rings (SSSR count). The van der Waals surface area contributed by atoms with E-state index in [0.29, 0.717) is 13.2 Å². The largest absolute Gasteiger partial charge is 0.377 e. The molecule has 3 N–H and O–H groups in total. The van der Waals surface area contributed by atoms with Gasteiger partial charge in [0.25, 0.3) is 0 Å². The highest BCUT2D eigenvalue weighted by atomic mass is 35.5. The average molecular weight is 341 g/mol. The summed E-state index contributed by atoms with van der Waals surface area (Å²) in [6.07, 6.45) is 9.23. The van der Waals surface area contributed by atoms with Gasteiger partial charge in [0.2, 0.25) is 10.0 Å². The molecule has 0 bridgehead atoms. The van der Waals surface area contributed by atoms with Crippen LogP contribution in [0.15, 0.2) is 0 Å². The Morgan fingerprint density at radius 3 is 2.33 bits per heavy atom. The lowest BCUT2D eigenvalue weighted by Crippen LogP contribution is -2.50. The fraction of sp³-hybridized carbons (Fsp3) is 1.00. The van der Waals surface area contributed by atoms with Crippen LogP contribution in [-0.2, 0) is 14.8 Å². The zero-order chi connectivity index (χ0) is 14.5. The molecule has 1 atom stereocenters. The van der Waals surface area contributed by atoms with Crippen molar-refractivity contribution in [3.63, 3.8) is 0 Å². The normalized spacial score (nSPS) is 26.6. The van der Waals surface area contributed by atoms with Gasteiger partial charge in [0.15, 0.2) is 0 Å². The van der Waals surface area contributed by atoms with E-state index in [1.807, 2.05) is 0 Å². The van der Waals surface area contributed by atoms with Crippen LogP contribution in [0, 0.1) is 0 Å². The molecule has 1 saturated heterocycles. The Morgan fingerprint density at radius 2 is 1.76 bits per heavy atom. The first-order valence-electron chi connectivity index (χ1n) is 7.87. The van der Waals surface area contributed by atoms with Crippen molar-refractivity contribution in [1.29, 1.82) is 0 Å². The second-order valence-electron chi connectivity index (χ2n) is 6.37. The van der Waals surface area contributed by atoms with Crippen molar-refractivity contribution in [2.75, 3.05) is 18.9 Å². The van der Waals surface area contributed by atoms with Crippen molar-refractivity contribution in [2.24, 2.45) is 5.73 Å². The van der Waals surface area contributed by atoms with E-state index in [1.54, 1.807) is 0 Å². The molecular weight excluding hydrogens is 312 g/mol. The minimum absolute atomic E-state index is 0. The molecule has 0 aromatic heterocycles. The highest BCUT2D eigenvalue weighted by molar-refractivity contribution is 7.89. The van der Waals surface area contributed by atoms with Crippen LogP contribution in [0.2, 0.25) is 0 Å². The number of rotatable bonds is 5. The summed E-state index contributed by atoms with van der Waals surface area (Å²) in [7, 11) is -3.29. The van der Waals surface area contributed by atoms with Gasteiger partial charge in [-0.25, -0.2) is 13.1 Å². The third-order valence-corrected chi connectivity index (χ3v) is 5.82. The maximum Gasteiger partial charge on any atom is 0.214 e. The van der Waals surface area contributed by atoms with Gasteiger partial charge in [0.05, 0.1) is 11.9 Å². The van der Waals surface area contributed by atoms with E-state index in [1.165, 1.54) is 12.8 Å². The van der Waals surface area contributed by atoms with Crippen molar-refractivity contribution in [3.8, 4) is 0 Å². The quantitative estimate of drug-likeness (QED) is 0.749. The van der Waals surface area contributed by atoms with E-state index in [0.717, 1.165) is 44.9 Å². The zero-order valence-corrected chi connectivity index (χ0v) is 14.3. The lowest BCUT2D eigenvalue weighted by molar-refractivity contribution is 0.0303. The predicted molar refractivity (Wildman–Crippen MR) is 87.2 cm³/mol. The first kappa shape index (κ1) is 19.2. The Balaban J connectivity index is 0.00000220. The molecule has 2 fully saturated rings.